The minimum Gasteiger partial charge on any atom is -0.497 e. The molecule has 148 valence electrons. The number of halogens is 2. The first kappa shape index (κ1) is 23.0. The first-order valence-corrected chi connectivity index (χ1v) is 8.81. The Balaban J connectivity index is 0.00000169. The molecule has 0 radical (unpaired) electrons. The summed E-state index contributed by atoms with van der Waals surface area (Å²) in [6.07, 6.45) is 4.32. The molecule has 5 nitrogen and oxygen atoms in total. The molecule has 0 bridgehead atoms. The molecule has 1 spiro atoms. The van der Waals surface area contributed by atoms with Gasteiger partial charge < -0.3 is 19.7 Å². The third-order valence-electron chi connectivity index (χ3n) is 5.64. The van der Waals surface area contributed by atoms with Gasteiger partial charge in [-0.15, -0.1) is 24.8 Å². The number of carbonyl (C=O) groups is 1. The average Bonchev–Trinajstić information content (AvgIpc) is 3.05. The summed E-state index contributed by atoms with van der Waals surface area (Å²) in [4.78, 5) is 14.2. The Morgan fingerprint density at radius 1 is 1.19 bits per heavy atom. The zero-order valence-corrected chi connectivity index (χ0v) is 17.2. The van der Waals surface area contributed by atoms with E-state index in [1.165, 1.54) is 12.7 Å². The molecule has 0 saturated carbocycles. The Labute approximate surface area is 168 Å². The number of hydrogen-bond donors (Lipinski definition) is 1. The van der Waals surface area contributed by atoms with E-state index in [2.05, 4.69) is 22.3 Å². The van der Waals surface area contributed by atoms with E-state index in [-0.39, 0.29) is 42.2 Å². The molecule has 2 aliphatic heterocycles. The number of methoxy groups -OCH3 is 2. The highest BCUT2D eigenvalue weighted by atomic mass is 35.5. The van der Waals surface area contributed by atoms with Crippen LogP contribution in [-0.2, 0) is 16.0 Å². The van der Waals surface area contributed by atoms with Crippen molar-refractivity contribution in [3.05, 3.63) is 29.8 Å². The predicted molar refractivity (Wildman–Crippen MR) is 108 cm³/mol. The van der Waals surface area contributed by atoms with Crippen molar-refractivity contribution in [2.45, 2.75) is 31.7 Å². The van der Waals surface area contributed by atoms with Crippen LogP contribution in [-0.4, -0.2) is 57.3 Å². The predicted octanol–water partition coefficient (Wildman–Crippen LogP) is 2.70. The summed E-state index contributed by atoms with van der Waals surface area (Å²) in [7, 11) is 3.16. The molecule has 2 aliphatic rings. The normalized spacial score (nSPS) is 21.5. The summed E-state index contributed by atoms with van der Waals surface area (Å²) in [6, 6.07) is 8.23. The lowest BCUT2D eigenvalue weighted by atomic mass is 9.76. The van der Waals surface area contributed by atoms with Gasteiger partial charge in [-0.1, -0.05) is 12.1 Å². The topological polar surface area (TPSA) is 50.8 Å². The summed E-state index contributed by atoms with van der Waals surface area (Å²) in [5.41, 5.74) is 1.64. The minimum atomic E-state index is -0.117. The van der Waals surface area contributed by atoms with Gasteiger partial charge in [-0.05, 0) is 61.9 Å². The number of likely N-dealkylation sites (tertiary alicyclic amines) is 1. The van der Waals surface area contributed by atoms with E-state index in [0.29, 0.717) is 0 Å². The van der Waals surface area contributed by atoms with Crippen LogP contribution in [0.1, 0.15) is 24.8 Å². The largest absolute Gasteiger partial charge is 0.497 e. The van der Waals surface area contributed by atoms with E-state index in [1.807, 2.05) is 12.1 Å². The molecule has 1 unspecified atom stereocenters. The second-order valence-corrected chi connectivity index (χ2v) is 7.10. The molecular weight excluding hydrogens is 375 g/mol. The van der Waals surface area contributed by atoms with Crippen LogP contribution in [0.2, 0.25) is 0 Å². The van der Waals surface area contributed by atoms with Crippen molar-refractivity contribution < 1.29 is 14.3 Å². The standard InChI is InChI=1S/C19H28N2O3.2ClH/c1-23-16-5-3-15(4-6-16)7-10-21-11-8-19(9-12-21)13-17(20-14-19)18(22)24-2;;/h3-6,17,20H,7-14H2,1-2H3;2*1H. The second kappa shape index (κ2) is 10.4. The Kier molecular flexibility index (Phi) is 9.17. The molecule has 1 N–H and O–H groups in total. The van der Waals surface area contributed by atoms with Crippen LogP contribution in [0.5, 0.6) is 5.75 Å². The zero-order chi connectivity index (χ0) is 17.0. The van der Waals surface area contributed by atoms with E-state index >= 15 is 0 Å². The Bertz CT molecular complexity index is 560. The number of carbonyl (C=O) groups excluding carboxylic acids is 1. The van der Waals surface area contributed by atoms with Crippen LogP contribution in [0, 0.1) is 5.41 Å². The molecule has 26 heavy (non-hydrogen) atoms. The fourth-order valence-electron chi connectivity index (χ4n) is 3.94. The van der Waals surface area contributed by atoms with Crippen molar-refractivity contribution in [2.75, 3.05) is 40.4 Å². The van der Waals surface area contributed by atoms with Gasteiger partial charge in [0.15, 0.2) is 0 Å². The highest BCUT2D eigenvalue weighted by Gasteiger charge is 2.43. The lowest BCUT2D eigenvalue weighted by Gasteiger charge is -2.39. The Morgan fingerprint density at radius 3 is 2.42 bits per heavy atom. The molecule has 2 saturated heterocycles. The van der Waals surface area contributed by atoms with Crippen molar-refractivity contribution in [1.29, 1.82) is 0 Å². The van der Waals surface area contributed by atoms with Gasteiger partial charge in [-0.3, -0.25) is 4.79 Å². The van der Waals surface area contributed by atoms with Gasteiger partial charge in [0.05, 0.1) is 14.2 Å². The van der Waals surface area contributed by atoms with Crippen molar-refractivity contribution in [1.82, 2.24) is 10.2 Å². The number of rotatable bonds is 5. The maximum Gasteiger partial charge on any atom is 0.322 e. The highest BCUT2D eigenvalue weighted by molar-refractivity contribution is 5.85. The second-order valence-electron chi connectivity index (χ2n) is 7.10. The number of nitrogens with one attached hydrogen (secondary N) is 1. The lowest BCUT2D eigenvalue weighted by molar-refractivity contribution is -0.142. The molecule has 2 heterocycles. The minimum absolute atomic E-state index is 0. The van der Waals surface area contributed by atoms with Gasteiger partial charge in [0.1, 0.15) is 11.8 Å². The highest BCUT2D eigenvalue weighted by Crippen LogP contribution is 2.39. The summed E-state index contributed by atoms with van der Waals surface area (Å²) < 4.78 is 10.1. The molecule has 1 aromatic rings. The number of esters is 1. The molecular formula is C19H30Cl2N2O3. The molecule has 1 aromatic carbocycles. The molecule has 0 aliphatic carbocycles. The van der Waals surface area contributed by atoms with Gasteiger partial charge in [-0.25, -0.2) is 0 Å². The van der Waals surface area contributed by atoms with Gasteiger partial charge in [0.25, 0.3) is 0 Å². The number of nitrogens with zero attached hydrogens (tertiary/aromatic N) is 1. The third-order valence-corrected chi connectivity index (χ3v) is 5.64. The maximum absolute atomic E-state index is 11.7. The van der Waals surface area contributed by atoms with Crippen molar-refractivity contribution in [2.24, 2.45) is 5.41 Å². The van der Waals surface area contributed by atoms with Gasteiger partial charge in [0, 0.05) is 13.1 Å². The molecule has 3 rings (SSSR count). The van der Waals surface area contributed by atoms with E-state index in [0.717, 1.165) is 57.6 Å². The molecule has 1 atom stereocenters. The van der Waals surface area contributed by atoms with Crippen molar-refractivity contribution >= 4 is 30.8 Å². The number of hydrogen-bond acceptors (Lipinski definition) is 5. The fourth-order valence-corrected chi connectivity index (χ4v) is 3.94. The van der Waals surface area contributed by atoms with Crippen LogP contribution in [0.3, 0.4) is 0 Å². The first-order valence-electron chi connectivity index (χ1n) is 8.81. The quantitative estimate of drug-likeness (QED) is 0.764. The lowest BCUT2D eigenvalue weighted by Crippen LogP contribution is -2.41. The van der Waals surface area contributed by atoms with Gasteiger partial charge >= 0.3 is 5.97 Å². The molecule has 2 fully saturated rings. The van der Waals surface area contributed by atoms with Crippen molar-refractivity contribution in [3.8, 4) is 5.75 Å². The molecule has 0 amide bonds. The van der Waals surface area contributed by atoms with Gasteiger partial charge in [0.2, 0.25) is 0 Å². The maximum atomic E-state index is 11.7. The summed E-state index contributed by atoms with van der Waals surface area (Å²) in [5.74, 6) is 0.793. The third kappa shape index (κ3) is 5.49. The van der Waals surface area contributed by atoms with Crippen LogP contribution in [0.25, 0.3) is 0 Å². The number of piperidine rings is 1. The summed E-state index contributed by atoms with van der Waals surface area (Å²) >= 11 is 0. The smallest absolute Gasteiger partial charge is 0.322 e. The van der Waals surface area contributed by atoms with Gasteiger partial charge in [-0.2, -0.15) is 0 Å². The van der Waals surface area contributed by atoms with E-state index in [1.54, 1.807) is 7.11 Å². The first-order chi connectivity index (χ1) is 11.6. The Morgan fingerprint density at radius 2 is 1.85 bits per heavy atom. The SMILES string of the molecule is COC(=O)C1CC2(CCN(CCc3ccc(OC)cc3)CC2)CN1.Cl.Cl. The number of ether oxygens (including phenoxy) is 2. The van der Waals surface area contributed by atoms with Crippen molar-refractivity contribution in [3.63, 3.8) is 0 Å². The Hall–Kier alpha value is -1.01. The summed E-state index contributed by atoms with van der Waals surface area (Å²) in [6.45, 7) is 4.27. The molecule has 0 aromatic heterocycles. The van der Waals surface area contributed by atoms with Crippen LogP contribution in [0.15, 0.2) is 24.3 Å². The fraction of sp³-hybridized carbons (Fsp3) is 0.632. The van der Waals surface area contributed by atoms with Crippen LogP contribution < -0.4 is 10.1 Å². The van der Waals surface area contributed by atoms with E-state index in [4.69, 9.17) is 9.47 Å². The van der Waals surface area contributed by atoms with Crippen LogP contribution >= 0.6 is 24.8 Å². The summed E-state index contributed by atoms with van der Waals surface area (Å²) in [5, 5.41) is 3.35. The molecule has 7 heteroatoms. The monoisotopic (exact) mass is 404 g/mol. The number of benzene rings is 1. The zero-order valence-electron chi connectivity index (χ0n) is 15.5. The average molecular weight is 405 g/mol. The van der Waals surface area contributed by atoms with E-state index in [9.17, 15) is 4.79 Å². The van der Waals surface area contributed by atoms with E-state index < -0.39 is 0 Å². The van der Waals surface area contributed by atoms with Crippen LogP contribution in [0.4, 0.5) is 0 Å².